The average Bonchev–Trinajstić information content (AvgIpc) is 2.72. The van der Waals surface area contributed by atoms with Crippen molar-refractivity contribution in [2.45, 2.75) is 51.9 Å². The number of nitrogens with zero attached hydrogens (tertiary/aromatic N) is 1. The Bertz CT molecular complexity index is 909. The van der Waals surface area contributed by atoms with Crippen LogP contribution in [-0.2, 0) is 11.3 Å². The summed E-state index contributed by atoms with van der Waals surface area (Å²) in [6.45, 7) is 6.94. The lowest BCUT2D eigenvalue weighted by molar-refractivity contribution is 0.0452. The number of benzene rings is 2. The van der Waals surface area contributed by atoms with E-state index in [1.54, 1.807) is 23.1 Å². The van der Waals surface area contributed by atoms with Crippen LogP contribution >= 0.6 is 0 Å². The van der Waals surface area contributed by atoms with Gasteiger partial charge in [-0.25, -0.2) is 4.79 Å². The van der Waals surface area contributed by atoms with Gasteiger partial charge in [-0.2, -0.15) is 0 Å². The van der Waals surface area contributed by atoms with E-state index in [0.717, 1.165) is 18.4 Å². The number of hydrogen-bond donors (Lipinski definition) is 2. The van der Waals surface area contributed by atoms with Crippen LogP contribution < -0.4 is 15.8 Å². The van der Waals surface area contributed by atoms with E-state index in [1.165, 1.54) is 0 Å². The van der Waals surface area contributed by atoms with Gasteiger partial charge in [-0.05, 0) is 57.4 Å². The zero-order chi connectivity index (χ0) is 22.4. The number of ether oxygens (including phenoxy) is 2. The summed E-state index contributed by atoms with van der Waals surface area (Å²) in [4.78, 5) is 26.8. The van der Waals surface area contributed by atoms with Crippen LogP contribution in [0.5, 0.6) is 5.75 Å². The molecule has 1 aliphatic rings. The van der Waals surface area contributed by atoms with Crippen molar-refractivity contribution in [1.82, 2.24) is 10.2 Å². The summed E-state index contributed by atoms with van der Waals surface area (Å²) in [5.41, 5.74) is 7.54. The van der Waals surface area contributed by atoms with Crippen LogP contribution in [0.4, 0.5) is 10.5 Å². The van der Waals surface area contributed by atoms with E-state index in [1.807, 2.05) is 51.1 Å². The molecule has 0 aliphatic carbocycles. The van der Waals surface area contributed by atoms with Crippen LogP contribution in [0.2, 0.25) is 0 Å². The smallest absolute Gasteiger partial charge is 0.407 e. The van der Waals surface area contributed by atoms with E-state index in [4.69, 9.17) is 15.2 Å². The fraction of sp³-hybridized carbons (Fsp3) is 0.417. The van der Waals surface area contributed by atoms with E-state index in [9.17, 15) is 9.59 Å². The molecular formula is C24H31N3O4. The zero-order valence-corrected chi connectivity index (χ0v) is 18.4. The van der Waals surface area contributed by atoms with E-state index in [2.05, 4.69) is 5.32 Å². The second kappa shape index (κ2) is 9.73. The van der Waals surface area contributed by atoms with Gasteiger partial charge in [-0.3, -0.25) is 4.79 Å². The Labute approximate surface area is 183 Å². The first kappa shape index (κ1) is 22.5. The first-order valence-electron chi connectivity index (χ1n) is 10.6. The molecule has 1 aliphatic heterocycles. The Balaban J connectivity index is 1.58. The van der Waals surface area contributed by atoms with Crippen LogP contribution in [0.25, 0.3) is 0 Å². The van der Waals surface area contributed by atoms with Gasteiger partial charge in [0, 0.05) is 24.7 Å². The maximum Gasteiger partial charge on any atom is 0.407 e. The highest BCUT2D eigenvalue weighted by Crippen LogP contribution is 2.25. The molecule has 3 rings (SSSR count). The molecule has 1 atom stereocenters. The lowest BCUT2D eigenvalue weighted by atomic mass is 10.0. The molecule has 0 aromatic heterocycles. The van der Waals surface area contributed by atoms with Crippen molar-refractivity contribution in [2.24, 2.45) is 0 Å². The molecule has 7 heteroatoms. The maximum atomic E-state index is 13.0. The number of alkyl carbamates (subject to hydrolysis) is 1. The largest absolute Gasteiger partial charge is 0.487 e. The molecule has 0 spiro atoms. The maximum absolute atomic E-state index is 13.0. The molecule has 7 nitrogen and oxygen atoms in total. The number of nitrogens with two attached hydrogens (primary N) is 1. The van der Waals surface area contributed by atoms with Crippen molar-refractivity contribution in [2.75, 3.05) is 18.8 Å². The first-order chi connectivity index (χ1) is 14.7. The Kier molecular flexibility index (Phi) is 7.05. The highest BCUT2D eigenvalue weighted by Gasteiger charge is 2.27. The number of hydrogen-bond acceptors (Lipinski definition) is 5. The molecule has 2 aromatic carbocycles. The Morgan fingerprint density at radius 1 is 1.16 bits per heavy atom. The van der Waals surface area contributed by atoms with Gasteiger partial charge in [0.25, 0.3) is 5.91 Å². The molecule has 31 heavy (non-hydrogen) atoms. The molecule has 3 N–H and O–H groups in total. The minimum absolute atomic E-state index is 0.114. The SMILES string of the molecule is CC(C)(C)OC(=O)N[C@H]1CCCN(C(=O)c2ccc(OCc3ccccc3)c(N)c2)C1. The summed E-state index contributed by atoms with van der Waals surface area (Å²) < 4.78 is 11.1. The number of carbonyl (C=O) groups excluding carboxylic acids is 2. The van der Waals surface area contributed by atoms with Crippen molar-refractivity contribution in [3.05, 3.63) is 59.7 Å². The summed E-state index contributed by atoms with van der Waals surface area (Å²) in [7, 11) is 0. The van der Waals surface area contributed by atoms with E-state index in [0.29, 0.717) is 36.7 Å². The Hall–Kier alpha value is -3.22. The fourth-order valence-corrected chi connectivity index (χ4v) is 3.48. The molecule has 2 aromatic rings. The van der Waals surface area contributed by atoms with Crippen LogP contribution in [0.15, 0.2) is 48.5 Å². The summed E-state index contributed by atoms with van der Waals surface area (Å²) in [5, 5.41) is 2.86. The van der Waals surface area contributed by atoms with Crippen LogP contribution in [0.3, 0.4) is 0 Å². The third-order valence-electron chi connectivity index (χ3n) is 4.92. The highest BCUT2D eigenvalue weighted by atomic mass is 16.6. The van der Waals surface area contributed by atoms with Crippen molar-refractivity contribution in [1.29, 1.82) is 0 Å². The standard InChI is InChI=1S/C24H31N3O4/c1-24(2,3)31-23(29)26-19-10-7-13-27(15-19)22(28)18-11-12-21(20(25)14-18)30-16-17-8-5-4-6-9-17/h4-6,8-9,11-12,14,19H,7,10,13,15-16,25H2,1-3H3,(H,26,29)/t19-/m0/s1. The minimum Gasteiger partial charge on any atom is -0.487 e. The van der Waals surface area contributed by atoms with Crippen molar-refractivity contribution < 1.29 is 19.1 Å². The van der Waals surface area contributed by atoms with Crippen LogP contribution in [0.1, 0.15) is 49.5 Å². The monoisotopic (exact) mass is 425 g/mol. The summed E-state index contributed by atoms with van der Waals surface area (Å²) in [5.74, 6) is 0.431. The summed E-state index contributed by atoms with van der Waals surface area (Å²) >= 11 is 0. The van der Waals surface area contributed by atoms with Gasteiger partial charge in [-0.15, -0.1) is 0 Å². The lowest BCUT2D eigenvalue weighted by Crippen LogP contribution is -2.50. The average molecular weight is 426 g/mol. The Morgan fingerprint density at radius 2 is 1.90 bits per heavy atom. The van der Waals surface area contributed by atoms with Gasteiger partial charge in [0.15, 0.2) is 0 Å². The van der Waals surface area contributed by atoms with E-state index < -0.39 is 11.7 Å². The molecule has 0 saturated carbocycles. The van der Waals surface area contributed by atoms with Crippen molar-refractivity contribution in [3.63, 3.8) is 0 Å². The molecule has 2 amide bonds. The highest BCUT2D eigenvalue weighted by molar-refractivity contribution is 5.95. The number of anilines is 1. The second-order valence-corrected chi connectivity index (χ2v) is 8.76. The van der Waals surface area contributed by atoms with Crippen molar-refractivity contribution in [3.8, 4) is 5.75 Å². The molecule has 0 bridgehead atoms. The second-order valence-electron chi connectivity index (χ2n) is 8.76. The normalized spacial score (nSPS) is 16.5. The fourth-order valence-electron chi connectivity index (χ4n) is 3.48. The van der Waals surface area contributed by atoms with Gasteiger partial charge >= 0.3 is 6.09 Å². The molecule has 1 fully saturated rings. The molecule has 1 saturated heterocycles. The first-order valence-corrected chi connectivity index (χ1v) is 10.6. The number of rotatable bonds is 5. The predicted octanol–water partition coefficient (Wildman–Crippen LogP) is 3.98. The van der Waals surface area contributed by atoms with E-state index in [-0.39, 0.29) is 11.9 Å². The van der Waals surface area contributed by atoms with Gasteiger partial charge in [0.05, 0.1) is 5.69 Å². The third kappa shape index (κ3) is 6.64. The van der Waals surface area contributed by atoms with Crippen molar-refractivity contribution >= 4 is 17.7 Å². The van der Waals surface area contributed by atoms with Gasteiger partial charge in [0.2, 0.25) is 0 Å². The quantitative estimate of drug-likeness (QED) is 0.707. The van der Waals surface area contributed by atoms with Gasteiger partial charge in [-0.1, -0.05) is 30.3 Å². The number of likely N-dealkylation sites (tertiary alicyclic amines) is 1. The van der Waals surface area contributed by atoms with Crippen LogP contribution in [0, 0.1) is 0 Å². The Morgan fingerprint density at radius 3 is 2.58 bits per heavy atom. The number of piperidine rings is 1. The number of carbonyl (C=O) groups is 2. The topological polar surface area (TPSA) is 93.9 Å². The summed E-state index contributed by atoms with van der Waals surface area (Å²) in [6, 6.07) is 14.8. The van der Waals surface area contributed by atoms with Gasteiger partial charge in [0.1, 0.15) is 18.0 Å². The number of nitrogens with one attached hydrogen (secondary N) is 1. The molecule has 166 valence electrons. The minimum atomic E-state index is -0.559. The molecule has 0 radical (unpaired) electrons. The third-order valence-corrected chi connectivity index (χ3v) is 4.92. The predicted molar refractivity (Wildman–Crippen MR) is 120 cm³/mol. The van der Waals surface area contributed by atoms with E-state index >= 15 is 0 Å². The zero-order valence-electron chi connectivity index (χ0n) is 18.4. The lowest BCUT2D eigenvalue weighted by Gasteiger charge is -2.33. The molecule has 1 heterocycles. The molecular weight excluding hydrogens is 394 g/mol. The van der Waals surface area contributed by atoms with Crippen LogP contribution in [-0.4, -0.2) is 41.6 Å². The number of nitrogen functional groups attached to an aromatic ring is 1. The summed E-state index contributed by atoms with van der Waals surface area (Å²) in [6.07, 6.45) is 1.15. The van der Waals surface area contributed by atoms with Gasteiger partial charge < -0.3 is 25.4 Å². The number of amides is 2. The molecule has 0 unspecified atom stereocenters.